The van der Waals surface area contributed by atoms with Gasteiger partial charge in [-0.15, -0.1) is 0 Å². The van der Waals surface area contributed by atoms with Gasteiger partial charge in [-0.25, -0.2) is 4.79 Å². The van der Waals surface area contributed by atoms with Gasteiger partial charge in [-0.2, -0.15) is 9.36 Å². The van der Waals surface area contributed by atoms with Crippen LogP contribution in [0.4, 0.5) is 0 Å². The van der Waals surface area contributed by atoms with Crippen molar-refractivity contribution in [2.75, 3.05) is 13.7 Å². The zero-order chi connectivity index (χ0) is 24.7. The third kappa shape index (κ3) is 5.29. The van der Waals surface area contributed by atoms with E-state index in [1.54, 1.807) is 36.6 Å². The number of aryl methyl sites for hydroxylation is 2. The van der Waals surface area contributed by atoms with E-state index < -0.39 is 0 Å². The highest BCUT2D eigenvalue weighted by atomic mass is 16.5. The molecule has 0 amide bonds. The van der Waals surface area contributed by atoms with Gasteiger partial charge < -0.3 is 9.47 Å². The van der Waals surface area contributed by atoms with Crippen molar-refractivity contribution in [1.29, 1.82) is 5.41 Å². The summed E-state index contributed by atoms with van der Waals surface area (Å²) in [5, 5.41) is 17.9. The first-order chi connectivity index (χ1) is 16.4. The summed E-state index contributed by atoms with van der Waals surface area (Å²) in [5.41, 5.74) is 2.68. The lowest BCUT2D eigenvalue weighted by Crippen LogP contribution is -2.78. The number of nitrogens with two attached hydrogens (primary N) is 1. The summed E-state index contributed by atoms with van der Waals surface area (Å²) in [4.78, 5) is 24.0. The maximum Gasteiger partial charge on any atom is 0.368 e. The number of tetrazole rings is 1. The van der Waals surface area contributed by atoms with Gasteiger partial charge in [0.1, 0.15) is 17.9 Å². The molecule has 0 spiro atoms. The number of benzene rings is 2. The molecule has 0 unspecified atom stereocenters. The molecule has 10 nitrogen and oxygen atoms in total. The van der Waals surface area contributed by atoms with Crippen LogP contribution < -0.4 is 15.7 Å². The van der Waals surface area contributed by atoms with Gasteiger partial charge in [0.25, 0.3) is 0 Å². The fraction of sp³-hybridized carbons (Fsp3) is 0.292. The number of aromatic nitrogens is 4. The van der Waals surface area contributed by atoms with E-state index in [4.69, 9.17) is 14.9 Å². The normalized spacial score (nSPS) is 11.6. The summed E-state index contributed by atoms with van der Waals surface area (Å²) < 4.78 is 14.0. The SMILES string of the molecule is CCCO/C([NH2+]C)=C(\C=O)C(=N)c1ccc(OCc2ccccc2-n2nnn(C)c2=O)c(C)c1. The number of nitrogens with zero attached hydrogens (tertiary/aromatic N) is 4. The summed E-state index contributed by atoms with van der Waals surface area (Å²) in [6.07, 6.45) is 1.45. The molecular formula is C24H29N6O4+. The van der Waals surface area contributed by atoms with E-state index in [0.29, 0.717) is 35.8 Å². The fourth-order valence-corrected chi connectivity index (χ4v) is 3.35. The molecule has 1 heterocycles. The monoisotopic (exact) mass is 465 g/mol. The number of rotatable bonds is 11. The smallest absolute Gasteiger partial charge is 0.368 e. The minimum Gasteiger partial charge on any atom is -0.489 e. The third-order valence-corrected chi connectivity index (χ3v) is 5.16. The average Bonchev–Trinajstić information content (AvgIpc) is 3.18. The zero-order valence-corrected chi connectivity index (χ0v) is 19.7. The molecule has 0 atom stereocenters. The van der Waals surface area contributed by atoms with Crippen molar-refractivity contribution in [1.82, 2.24) is 19.8 Å². The van der Waals surface area contributed by atoms with Crippen LogP contribution in [0.25, 0.3) is 5.69 Å². The fourth-order valence-electron chi connectivity index (χ4n) is 3.35. The second kappa shape index (κ2) is 11.2. The average molecular weight is 466 g/mol. The largest absolute Gasteiger partial charge is 0.489 e. The van der Waals surface area contributed by atoms with Gasteiger partial charge in [-0.3, -0.25) is 15.5 Å². The molecule has 0 aliphatic carbocycles. The molecule has 0 fully saturated rings. The zero-order valence-electron chi connectivity index (χ0n) is 19.7. The molecule has 0 saturated carbocycles. The number of carbonyl (C=O) groups excluding carboxylic acids is 1. The first-order valence-electron chi connectivity index (χ1n) is 10.9. The Balaban J connectivity index is 1.82. The lowest BCUT2D eigenvalue weighted by molar-refractivity contribution is -0.605. The number of para-hydroxylation sites is 1. The van der Waals surface area contributed by atoms with Crippen molar-refractivity contribution >= 4 is 12.0 Å². The molecule has 0 aliphatic heterocycles. The molecule has 0 saturated heterocycles. The summed E-state index contributed by atoms with van der Waals surface area (Å²) in [6.45, 7) is 4.52. The number of ether oxygens (including phenoxy) is 2. The Kier molecular flexibility index (Phi) is 8.10. The molecule has 34 heavy (non-hydrogen) atoms. The van der Waals surface area contributed by atoms with Gasteiger partial charge in [0, 0.05) is 18.2 Å². The van der Waals surface area contributed by atoms with Gasteiger partial charge in [-0.1, -0.05) is 25.1 Å². The minimum absolute atomic E-state index is 0.0845. The van der Waals surface area contributed by atoms with Gasteiger partial charge in [0.2, 0.25) is 0 Å². The van der Waals surface area contributed by atoms with Crippen molar-refractivity contribution in [3.63, 3.8) is 0 Å². The summed E-state index contributed by atoms with van der Waals surface area (Å²) in [7, 11) is 3.31. The number of carbonyl (C=O) groups is 1. The van der Waals surface area contributed by atoms with Crippen molar-refractivity contribution < 1.29 is 19.6 Å². The highest BCUT2D eigenvalue weighted by Gasteiger charge is 2.19. The molecule has 0 bridgehead atoms. The molecule has 3 rings (SSSR count). The quantitative estimate of drug-likeness (QED) is 0.190. The number of aldehydes is 1. The molecule has 10 heteroatoms. The number of allylic oxidation sites excluding steroid dienone is 1. The maximum absolute atomic E-state index is 12.3. The lowest BCUT2D eigenvalue weighted by atomic mass is 10.0. The van der Waals surface area contributed by atoms with E-state index >= 15 is 0 Å². The topological polar surface area (TPSA) is 129 Å². The van der Waals surface area contributed by atoms with E-state index in [1.807, 2.05) is 32.0 Å². The second-order valence-corrected chi connectivity index (χ2v) is 7.60. The Morgan fingerprint density at radius 2 is 1.97 bits per heavy atom. The molecular weight excluding hydrogens is 436 g/mol. The molecule has 1 aromatic heterocycles. The van der Waals surface area contributed by atoms with Crippen LogP contribution in [0.2, 0.25) is 0 Å². The van der Waals surface area contributed by atoms with Crippen LogP contribution in [0, 0.1) is 12.3 Å². The molecule has 3 aromatic rings. The Morgan fingerprint density at radius 3 is 2.59 bits per heavy atom. The van der Waals surface area contributed by atoms with Crippen LogP contribution in [0.15, 0.2) is 58.7 Å². The predicted molar refractivity (Wildman–Crippen MR) is 126 cm³/mol. The first-order valence-corrected chi connectivity index (χ1v) is 10.9. The van der Waals surface area contributed by atoms with Crippen LogP contribution in [0.1, 0.15) is 30.0 Å². The number of nitrogens with one attached hydrogen (secondary N) is 1. The summed E-state index contributed by atoms with van der Waals surface area (Å²) >= 11 is 0. The van der Waals surface area contributed by atoms with Crippen molar-refractivity contribution in [2.24, 2.45) is 7.05 Å². The minimum atomic E-state index is -0.350. The number of hydrogen-bond donors (Lipinski definition) is 2. The number of quaternary nitrogens is 1. The van der Waals surface area contributed by atoms with Gasteiger partial charge >= 0.3 is 11.6 Å². The van der Waals surface area contributed by atoms with Crippen LogP contribution in [-0.2, 0) is 23.2 Å². The molecule has 0 radical (unpaired) electrons. The highest BCUT2D eigenvalue weighted by Crippen LogP contribution is 2.23. The predicted octanol–water partition coefficient (Wildman–Crippen LogP) is 1.25. The van der Waals surface area contributed by atoms with Crippen LogP contribution in [-0.4, -0.2) is 45.4 Å². The Bertz CT molecular complexity index is 1270. The standard InChI is InChI=1S/C24H28N6O4/c1-5-12-33-23(26-3)19(14-31)22(25)17-10-11-21(16(2)13-17)34-15-18-8-6-7-9-20(18)30-24(32)29(4)27-28-30/h6-11,13-14,25-26H,5,12,15H2,1-4H3/p+1/b23-19+,25-22?. The van der Waals surface area contributed by atoms with Gasteiger partial charge in [0.15, 0.2) is 6.29 Å². The van der Waals surface area contributed by atoms with Gasteiger partial charge in [0.05, 0.1) is 25.1 Å². The van der Waals surface area contributed by atoms with E-state index in [-0.39, 0.29) is 23.6 Å². The van der Waals surface area contributed by atoms with Crippen molar-refractivity contribution in [2.45, 2.75) is 26.9 Å². The van der Waals surface area contributed by atoms with E-state index in [2.05, 4.69) is 10.4 Å². The first kappa shape index (κ1) is 24.6. The van der Waals surface area contributed by atoms with Gasteiger partial charge in [-0.05, 0) is 53.6 Å². The van der Waals surface area contributed by atoms with Crippen molar-refractivity contribution in [3.05, 3.63) is 81.1 Å². The van der Waals surface area contributed by atoms with E-state index in [9.17, 15) is 9.59 Å². The molecule has 3 N–H and O–H groups in total. The van der Waals surface area contributed by atoms with Crippen LogP contribution in [0.3, 0.4) is 0 Å². The Labute approximate surface area is 197 Å². The second-order valence-electron chi connectivity index (χ2n) is 7.60. The maximum atomic E-state index is 12.3. The molecule has 178 valence electrons. The summed E-state index contributed by atoms with van der Waals surface area (Å²) in [6, 6.07) is 12.6. The van der Waals surface area contributed by atoms with Crippen LogP contribution in [0.5, 0.6) is 5.75 Å². The number of hydrogen-bond acceptors (Lipinski definition) is 7. The lowest BCUT2D eigenvalue weighted by Gasteiger charge is -2.14. The molecule has 0 aliphatic rings. The van der Waals surface area contributed by atoms with E-state index in [0.717, 1.165) is 22.2 Å². The Morgan fingerprint density at radius 1 is 1.21 bits per heavy atom. The Hall–Kier alpha value is -4.05. The summed E-state index contributed by atoms with van der Waals surface area (Å²) in [5.74, 6) is 1.02. The van der Waals surface area contributed by atoms with E-state index in [1.165, 1.54) is 11.7 Å². The third-order valence-electron chi connectivity index (χ3n) is 5.16. The highest BCUT2D eigenvalue weighted by molar-refractivity contribution is 6.21. The van der Waals surface area contributed by atoms with Crippen LogP contribution >= 0.6 is 0 Å². The van der Waals surface area contributed by atoms with Crippen molar-refractivity contribution in [3.8, 4) is 11.4 Å². The molecule has 2 aromatic carbocycles.